The number of hydrogen-bond acceptors (Lipinski definition) is 4. The van der Waals surface area contributed by atoms with Crippen molar-refractivity contribution in [1.82, 2.24) is 4.31 Å². The lowest BCUT2D eigenvalue weighted by atomic mass is 10.1. The number of carbonyl (C=O) groups excluding carboxylic acids is 1. The van der Waals surface area contributed by atoms with Gasteiger partial charge < -0.3 is 4.74 Å². The maximum atomic E-state index is 13.0. The summed E-state index contributed by atoms with van der Waals surface area (Å²) in [5, 5.41) is 0. The molecule has 0 spiro atoms. The van der Waals surface area contributed by atoms with Crippen LogP contribution in [0.25, 0.3) is 0 Å². The molecule has 0 aromatic heterocycles. The normalized spacial score (nSPS) is 16.5. The summed E-state index contributed by atoms with van der Waals surface area (Å²) in [6, 6.07) is 12.1. The summed E-state index contributed by atoms with van der Waals surface area (Å²) in [4.78, 5) is 12.4. The van der Waals surface area contributed by atoms with Crippen molar-refractivity contribution in [3.63, 3.8) is 0 Å². The van der Waals surface area contributed by atoms with Crippen LogP contribution in [0.1, 0.15) is 43.4 Å². The van der Waals surface area contributed by atoms with Crippen LogP contribution in [0.15, 0.2) is 53.4 Å². The van der Waals surface area contributed by atoms with E-state index >= 15 is 0 Å². The van der Waals surface area contributed by atoms with Gasteiger partial charge in [0.25, 0.3) is 0 Å². The van der Waals surface area contributed by atoms with Gasteiger partial charge in [-0.3, -0.25) is 4.79 Å². The topological polar surface area (TPSA) is 63.7 Å². The second-order valence-corrected chi connectivity index (χ2v) is 8.91. The number of benzene rings is 2. The van der Waals surface area contributed by atoms with Gasteiger partial charge in [0.05, 0.1) is 11.3 Å². The number of rotatable bonds is 6. The first-order valence-corrected chi connectivity index (χ1v) is 10.8. The predicted octanol–water partition coefficient (Wildman–Crippen LogP) is 3.85. The summed E-state index contributed by atoms with van der Waals surface area (Å²) in [7, 11) is -3.48. The second-order valence-electron chi connectivity index (χ2n) is 6.97. The van der Waals surface area contributed by atoms with Crippen LogP contribution < -0.4 is 0 Å². The molecule has 1 heterocycles. The molecule has 0 N–H and O–H groups in total. The zero-order valence-electron chi connectivity index (χ0n) is 15.8. The first-order chi connectivity index (χ1) is 13.4. The quantitative estimate of drug-likeness (QED) is 0.685. The van der Waals surface area contributed by atoms with E-state index in [0.29, 0.717) is 24.2 Å². The Kier molecular flexibility index (Phi) is 6.46. The van der Waals surface area contributed by atoms with E-state index in [4.69, 9.17) is 4.74 Å². The maximum Gasteiger partial charge on any atom is 0.310 e. The molecule has 150 valence electrons. The highest BCUT2D eigenvalue weighted by Crippen LogP contribution is 2.22. The van der Waals surface area contributed by atoms with Crippen LogP contribution in [0.3, 0.4) is 0 Å². The Bertz CT molecular complexity index is 904. The zero-order valence-corrected chi connectivity index (χ0v) is 16.6. The van der Waals surface area contributed by atoms with Gasteiger partial charge in [-0.25, -0.2) is 12.8 Å². The van der Waals surface area contributed by atoms with Gasteiger partial charge in [0, 0.05) is 13.1 Å². The second kappa shape index (κ2) is 8.84. The third-order valence-electron chi connectivity index (χ3n) is 4.87. The van der Waals surface area contributed by atoms with Crippen molar-refractivity contribution in [2.45, 2.75) is 43.6 Å². The van der Waals surface area contributed by atoms with Gasteiger partial charge in [0.15, 0.2) is 0 Å². The summed E-state index contributed by atoms with van der Waals surface area (Å²) in [6.45, 7) is 2.83. The largest absolute Gasteiger partial charge is 0.458 e. The fourth-order valence-corrected chi connectivity index (χ4v) is 4.76. The Morgan fingerprint density at radius 3 is 2.25 bits per heavy atom. The minimum atomic E-state index is -3.48. The molecule has 0 saturated carbocycles. The van der Waals surface area contributed by atoms with Gasteiger partial charge in [-0.2, -0.15) is 4.31 Å². The molecule has 2 aromatic rings. The van der Waals surface area contributed by atoms with Crippen molar-refractivity contribution in [3.8, 4) is 0 Å². The van der Waals surface area contributed by atoms with Crippen molar-refractivity contribution in [2.75, 3.05) is 13.1 Å². The Morgan fingerprint density at radius 2 is 1.64 bits per heavy atom. The average molecular weight is 405 g/mol. The van der Waals surface area contributed by atoms with Crippen molar-refractivity contribution < 1.29 is 22.3 Å². The minimum Gasteiger partial charge on any atom is -0.458 e. The van der Waals surface area contributed by atoms with E-state index in [1.54, 1.807) is 31.2 Å². The third kappa shape index (κ3) is 4.97. The molecule has 0 amide bonds. The van der Waals surface area contributed by atoms with Crippen molar-refractivity contribution in [1.29, 1.82) is 0 Å². The fraction of sp³-hybridized carbons (Fsp3) is 0.381. The molecule has 1 fully saturated rings. The number of esters is 1. The number of nitrogens with zero attached hydrogens (tertiary/aromatic N) is 1. The van der Waals surface area contributed by atoms with Crippen molar-refractivity contribution in [3.05, 3.63) is 65.5 Å². The standard InChI is InChI=1S/C21H24FNO4S/c1-16(18-7-9-19(22)10-8-18)27-21(24)15-17-5-11-20(12-6-17)28(25,26)23-13-3-2-4-14-23/h5-12,16H,2-4,13-15H2,1H3. The average Bonchev–Trinajstić information content (AvgIpc) is 2.69. The van der Waals surface area contributed by atoms with Crippen LogP contribution in [0.4, 0.5) is 4.39 Å². The molecular weight excluding hydrogens is 381 g/mol. The highest BCUT2D eigenvalue weighted by atomic mass is 32.2. The first kappa shape index (κ1) is 20.5. The van der Waals surface area contributed by atoms with Crippen LogP contribution >= 0.6 is 0 Å². The molecular formula is C21H24FNO4S. The van der Waals surface area contributed by atoms with E-state index in [2.05, 4.69) is 0 Å². The van der Waals surface area contributed by atoms with Crippen molar-refractivity contribution in [2.24, 2.45) is 0 Å². The molecule has 0 aliphatic carbocycles. The Hall–Kier alpha value is -2.25. The monoisotopic (exact) mass is 405 g/mol. The summed E-state index contributed by atoms with van der Waals surface area (Å²) < 4.78 is 45.2. The Morgan fingerprint density at radius 1 is 1.04 bits per heavy atom. The van der Waals surface area contributed by atoms with Gasteiger partial charge in [-0.05, 0) is 55.2 Å². The third-order valence-corrected chi connectivity index (χ3v) is 6.79. The molecule has 0 bridgehead atoms. The van der Waals surface area contributed by atoms with Gasteiger partial charge in [0.1, 0.15) is 11.9 Å². The summed E-state index contributed by atoms with van der Waals surface area (Å²) in [5.74, 6) is -0.773. The SMILES string of the molecule is CC(OC(=O)Cc1ccc(S(=O)(=O)N2CCCCC2)cc1)c1ccc(F)cc1. The van der Waals surface area contributed by atoms with E-state index in [1.807, 2.05) is 0 Å². The number of piperidine rings is 1. The molecule has 0 radical (unpaired) electrons. The minimum absolute atomic E-state index is 0.0373. The maximum absolute atomic E-state index is 13.0. The van der Waals surface area contributed by atoms with Crippen LogP contribution in [0, 0.1) is 5.82 Å². The molecule has 1 unspecified atom stereocenters. The molecule has 5 nitrogen and oxygen atoms in total. The van der Waals surface area contributed by atoms with E-state index < -0.39 is 22.1 Å². The van der Waals surface area contributed by atoms with Crippen LogP contribution in [0.2, 0.25) is 0 Å². The summed E-state index contributed by atoms with van der Waals surface area (Å²) >= 11 is 0. The number of ether oxygens (including phenoxy) is 1. The predicted molar refractivity (Wildman–Crippen MR) is 104 cm³/mol. The fourth-order valence-electron chi connectivity index (χ4n) is 3.24. The molecule has 7 heteroatoms. The molecule has 2 aromatic carbocycles. The summed E-state index contributed by atoms with van der Waals surface area (Å²) in [6.07, 6.45) is 2.37. The van der Waals surface area contributed by atoms with Gasteiger partial charge in [-0.1, -0.05) is 30.7 Å². The number of sulfonamides is 1. The van der Waals surface area contributed by atoms with Gasteiger partial charge >= 0.3 is 5.97 Å². The van der Waals surface area contributed by atoms with Crippen LogP contribution in [0.5, 0.6) is 0 Å². The molecule has 3 rings (SSSR count). The first-order valence-electron chi connectivity index (χ1n) is 9.40. The lowest BCUT2D eigenvalue weighted by Crippen LogP contribution is -2.35. The van der Waals surface area contributed by atoms with E-state index in [-0.39, 0.29) is 17.1 Å². The molecule has 1 saturated heterocycles. The molecule has 28 heavy (non-hydrogen) atoms. The number of carbonyl (C=O) groups is 1. The highest BCUT2D eigenvalue weighted by molar-refractivity contribution is 7.89. The van der Waals surface area contributed by atoms with Crippen LogP contribution in [-0.4, -0.2) is 31.8 Å². The van der Waals surface area contributed by atoms with E-state index in [1.165, 1.54) is 28.6 Å². The smallest absolute Gasteiger partial charge is 0.310 e. The molecule has 1 aliphatic rings. The zero-order chi connectivity index (χ0) is 20.1. The van der Waals surface area contributed by atoms with Crippen molar-refractivity contribution >= 4 is 16.0 Å². The van der Waals surface area contributed by atoms with Gasteiger partial charge in [0.2, 0.25) is 10.0 Å². The highest BCUT2D eigenvalue weighted by Gasteiger charge is 2.25. The lowest BCUT2D eigenvalue weighted by molar-refractivity contribution is -0.147. The number of hydrogen-bond donors (Lipinski definition) is 0. The Labute approximate surface area is 165 Å². The number of halogens is 1. The van der Waals surface area contributed by atoms with E-state index in [0.717, 1.165) is 19.3 Å². The molecule has 1 atom stereocenters. The van der Waals surface area contributed by atoms with E-state index in [9.17, 15) is 17.6 Å². The molecule has 1 aliphatic heterocycles. The van der Waals surface area contributed by atoms with Gasteiger partial charge in [-0.15, -0.1) is 0 Å². The lowest BCUT2D eigenvalue weighted by Gasteiger charge is -2.25. The summed E-state index contributed by atoms with van der Waals surface area (Å²) in [5.41, 5.74) is 1.38. The van der Waals surface area contributed by atoms with Crippen LogP contribution in [-0.2, 0) is 26.0 Å². The Balaban J connectivity index is 1.60.